The van der Waals surface area contributed by atoms with Gasteiger partial charge in [0.15, 0.2) is 5.82 Å². The summed E-state index contributed by atoms with van der Waals surface area (Å²) in [7, 11) is 0. The first-order chi connectivity index (χ1) is 8.40. The molecule has 0 saturated heterocycles. The lowest BCUT2D eigenvalue weighted by molar-refractivity contribution is 0.0194. The lowest BCUT2D eigenvalue weighted by Crippen LogP contribution is -2.41. The third-order valence-electron chi connectivity index (χ3n) is 2.80. The highest BCUT2D eigenvalue weighted by molar-refractivity contribution is 5.68. The molecule has 0 aliphatic carbocycles. The molecule has 2 heterocycles. The predicted molar refractivity (Wildman–Crippen MR) is 66.0 cm³/mol. The number of carbonyl (C=O) groups excluding carboxylic acids is 1. The molecule has 6 nitrogen and oxygen atoms in total. The van der Waals surface area contributed by atoms with Crippen molar-refractivity contribution < 1.29 is 9.53 Å². The molecule has 0 unspecified atom stereocenters. The van der Waals surface area contributed by atoms with Crippen LogP contribution in [0, 0.1) is 0 Å². The Bertz CT molecular complexity index is 447. The molecule has 1 aromatic heterocycles. The van der Waals surface area contributed by atoms with Gasteiger partial charge in [-0.25, -0.2) is 4.79 Å². The van der Waals surface area contributed by atoms with Crippen molar-refractivity contribution in [1.29, 1.82) is 0 Å². The number of hydrogen-bond donors (Lipinski definition) is 0. The van der Waals surface area contributed by atoms with Crippen molar-refractivity contribution in [3.8, 4) is 0 Å². The summed E-state index contributed by atoms with van der Waals surface area (Å²) in [6.45, 7) is 9.52. The number of aryl methyl sites for hydroxylation is 1. The molecule has 2 rings (SSSR count). The van der Waals surface area contributed by atoms with Gasteiger partial charge in [-0.1, -0.05) is 6.92 Å². The first-order valence-corrected chi connectivity index (χ1v) is 6.29. The summed E-state index contributed by atoms with van der Waals surface area (Å²) in [5.41, 5.74) is -0.462. The number of ether oxygens (including phenoxy) is 1. The van der Waals surface area contributed by atoms with Crippen LogP contribution in [0.5, 0.6) is 0 Å². The summed E-state index contributed by atoms with van der Waals surface area (Å²) in [5.74, 6) is 1.82. The van der Waals surface area contributed by atoms with E-state index < -0.39 is 5.60 Å². The van der Waals surface area contributed by atoms with Crippen molar-refractivity contribution in [2.24, 2.45) is 0 Å². The van der Waals surface area contributed by atoms with E-state index in [9.17, 15) is 4.79 Å². The van der Waals surface area contributed by atoms with Gasteiger partial charge in [0, 0.05) is 19.5 Å². The van der Waals surface area contributed by atoms with Gasteiger partial charge in [-0.2, -0.15) is 0 Å². The number of amides is 1. The Morgan fingerprint density at radius 3 is 2.67 bits per heavy atom. The van der Waals surface area contributed by atoms with Crippen LogP contribution in [0.4, 0.5) is 4.79 Å². The molecule has 0 aromatic carbocycles. The molecule has 18 heavy (non-hydrogen) atoms. The molecule has 1 aromatic rings. The number of rotatable bonds is 1. The van der Waals surface area contributed by atoms with E-state index in [4.69, 9.17) is 4.74 Å². The van der Waals surface area contributed by atoms with E-state index in [-0.39, 0.29) is 6.09 Å². The fourth-order valence-electron chi connectivity index (χ4n) is 1.96. The average Bonchev–Trinajstić information content (AvgIpc) is 2.68. The van der Waals surface area contributed by atoms with Gasteiger partial charge in [-0.05, 0) is 20.8 Å². The highest BCUT2D eigenvalue weighted by Crippen LogP contribution is 2.16. The monoisotopic (exact) mass is 252 g/mol. The van der Waals surface area contributed by atoms with Gasteiger partial charge >= 0.3 is 6.09 Å². The van der Waals surface area contributed by atoms with Gasteiger partial charge in [0.1, 0.15) is 11.4 Å². The van der Waals surface area contributed by atoms with Crippen LogP contribution >= 0.6 is 0 Å². The fraction of sp³-hybridized carbons (Fsp3) is 0.750. The molecule has 0 fully saturated rings. The summed E-state index contributed by atoms with van der Waals surface area (Å²) in [6.07, 6.45) is 0.578. The van der Waals surface area contributed by atoms with Crippen molar-refractivity contribution >= 4 is 6.09 Å². The summed E-state index contributed by atoms with van der Waals surface area (Å²) in [4.78, 5) is 13.6. The molecular weight excluding hydrogens is 232 g/mol. The van der Waals surface area contributed by atoms with E-state index in [0.717, 1.165) is 24.6 Å². The number of nitrogens with zero attached hydrogens (tertiary/aromatic N) is 4. The second-order valence-corrected chi connectivity index (χ2v) is 5.44. The Hall–Kier alpha value is -1.59. The van der Waals surface area contributed by atoms with Crippen LogP contribution in [0.15, 0.2) is 0 Å². The predicted octanol–water partition coefficient (Wildman–Crippen LogP) is 1.59. The Balaban J connectivity index is 2.06. The van der Waals surface area contributed by atoms with Gasteiger partial charge in [0.05, 0.1) is 6.54 Å². The van der Waals surface area contributed by atoms with Gasteiger partial charge in [-0.3, -0.25) is 4.90 Å². The standard InChI is InChI=1S/C12H20N4O2/c1-5-9-13-14-10-8-15(6-7-16(9)10)11(17)18-12(2,3)4/h5-8H2,1-4H3. The van der Waals surface area contributed by atoms with Crippen molar-refractivity contribution in [3.05, 3.63) is 11.6 Å². The molecule has 0 spiro atoms. The molecule has 6 heteroatoms. The molecule has 1 amide bonds. The normalized spacial score (nSPS) is 15.4. The van der Waals surface area contributed by atoms with E-state index in [1.165, 1.54) is 0 Å². The summed E-state index contributed by atoms with van der Waals surface area (Å²) >= 11 is 0. The maximum absolute atomic E-state index is 11.9. The van der Waals surface area contributed by atoms with E-state index >= 15 is 0 Å². The number of fused-ring (bicyclic) bond motifs is 1. The lowest BCUT2D eigenvalue weighted by Gasteiger charge is -2.30. The second kappa shape index (κ2) is 4.59. The Morgan fingerprint density at radius 2 is 2.06 bits per heavy atom. The van der Waals surface area contributed by atoms with Crippen molar-refractivity contribution in [1.82, 2.24) is 19.7 Å². The number of aromatic nitrogens is 3. The van der Waals surface area contributed by atoms with Gasteiger partial charge in [-0.15, -0.1) is 10.2 Å². The zero-order valence-corrected chi connectivity index (χ0v) is 11.4. The topological polar surface area (TPSA) is 60.2 Å². The van der Waals surface area contributed by atoms with Crippen LogP contribution in [0.2, 0.25) is 0 Å². The molecule has 0 N–H and O–H groups in total. The Labute approximate surface area is 107 Å². The zero-order valence-electron chi connectivity index (χ0n) is 11.4. The van der Waals surface area contributed by atoms with E-state index in [1.54, 1.807) is 4.90 Å². The number of hydrogen-bond acceptors (Lipinski definition) is 4. The maximum Gasteiger partial charge on any atom is 0.410 e. The first kappa shape index (κ1) is 12.9. The van der Waals surface area contributed by atoms with Crippen LogP contribution < -0.4 is 0 Å². The third kappa shape index (κ3) is 2.63. The fourth-order valence-corrected chi connectivity index (χ4v) is 1.96. The molecule has 1 aliphatic rings. The lowest BCUT2D eigenvalue weighted by atomic mass is 10.2. The number of carbonyl (C=O) groups is 1. The summed E-state index contributed by atoms with van der Waals surface area (Å²) in [5, 5.41) is 8.24. The minimum Gasteiger partial charge on any atom is -0.444 e. The summed E-state index contributed by atoms with van der Waals surface area (Å²) < 4.78 is 7.44. The van der Waals surface area contributed by atoms with Gasteiger partial charge < -0.3 is 9.30 Å². The zero-order chi connectivity index (χ0) is 13.3. The third-order valence-corrected chi connectivity index (χ3v) is 2.80. The first-order valence-electron chi connectivity index (χ1n) is 6.29. The molecule has 0 atom stereocenters. The van der Waals surface area contributed by atoms with E-state index in [0.29, 0.717) is 13.1 Å². The summed E-state index contributed by atoms with van der Waals surface area (Å²) in [6, 6.07) is 0. The quantitative estimate of drug-likeness (QED) is 0.761. The average molecular weight is 252 g/mol. The minimum absolute atomic E-state index is 0.283. The van der Waals surface area contributed by atoms with Crippen LogP contribution in [0.1, 0.15) is 39.3 Å². The molecule has 1 aliphatic heterocycles. The van der Waals surface area contributed by atoms with Crippen molar-refractivity contribution in [2.45, 2.75) is 52.8 Å². The van der Waals surface area contributed by atoms with Crippen molar-refractivity contribution in [3.63, 3.8) is 0 Å². The minimum atomic E-state index is -0.462. The Kier molecular flexibility index (Phi) is 3.28. The highest BCUT2D eigenvalue weighted by Gasteiger charge is 2.27. The SMILES string of the molecule is CCc1nnc2n1CCN(C(=O)OC(C)(C)C)C2. The van der Waals surface area contributed by atoms with Crippen LogP contribution in [-0.4, -0.2) is 37.9 Å². The molecule has 0 radical (unpaired) electrons. The van der Waals surface area contributed by atoms with Gasteiger partial charge in [0.2, 0.25) is 0 Å². The van der Waals surface area contributed by atoms with Crippen LogP contribution in [-0.2, 0) is 24.2 Å². The largest absolute Gasteiger partial charge is 0.444 e. The second-order valence-electron chi connectivity index (χ2n) is 5.44. The smallest absolute Gasteiger partial charge is 0.410 e. The van der Waals surface area contributed by atoms with Crippen LogP contribution in [0.25, 0.3) is 0 Å². The van der Waals surface area contributed by atoms with Crippen LogP contribution in [0.3, 0.4) is 0 Å². The highest BCUT2D eigenvalue weighted by atomic mass is 16.6. The maximum atomic E-state index is 11.9. The molecule has 100 valence electrons. The van der Waals surface area contributed by atoms with Gasteiger partial charge in [0.25, 0.3) is 0 Å². The van der Waals surface area contributed by atoms with E-state index in [1.807, 2.05) is 20.8 Å². The van der Waals surface area contributed by atoms with E-state index in [2.05, 4.69) is 21.7 Å². The van der Waals surface area contributed by atoms with Crippen molar-refractivity contribution in [2.75, 3.05) is 6.54 Å². The molecular formula is C12H20N4O2. The molecule has 0 saturated carbocycles. The Morgan fingerprint density at radius 1 is 1.33 bits per heavy atom. The molecule has 0 bridgehead atoms.